The highest BCUT2D eigenvalue weighted by Gasteiger charge is 2.32. The van der Waals surface area contributed by atoms with Crippen LogP contribution in [0.25, 0.3) is 5.65 Å². The fraction of sp³-hybridized carbons (Fsp3) is 0.794. The Kier molecular flexibility index (Phi) is 13.5. The summed E-state index contributed by atoms with van der Waals surface area (Å²) in [6.45, 7) is 24.8. The van der Waals surface area contributed by atoms with Crippen LogP contribution < -0.4 is 4.90 Å². The molecule has 1 fully saturated rings. The highest BCUT2D eigenvalue weighted by Crippen LogP contribution is 2.38. The Bertz CT molecular complexity index is 1150. The molecule has 1 aliphatic rings. The summed E-state index contributed by atoms with van der Waals surface area (Å²) in [5, 5.41) is 4.86. The van der Waals surface area contributed by atoms with Gasteiger partial charge in [0.05, 0.1) is 12.1 Å². The van der Waals surface area contributed by atoms with Gasteiger partial charge < -0.3 is 19.1 Å². The van der Waals surface area contributed by atoms with Crippen LogP contribution in [0.2, 0.25) is 51.4 Å². The molecule has 0 radical (unpaired) electrons. The third-order valence-corrected chi connectivity index (χ3v) is 11.7. The van der Waals surface area contributed by atoms with E-state index in [0.29, 0.717) is 19.4 Å². The van der Waals surface area contributed by atoms with Crippen LogP contribution in [-0.4, -0.2) is 69.0 Å². The Morgan fingerprint density at radius 1 is 0.955 bits per heavy atom. The van der Waals surface area contributed by atoms with Crippen LogP contribution >= 0.6 is 0 Å². The number of hydrogen-bond acceptors (Lipinski definition) is 7. The van der Waals surface area contributed by atoms with Crippen molar-refractivity contribution >= 4 is 33.6 Å². The summed E-state index contributed by atoms with van der Waals surface area (Å²) >= 11 is 0. The first kappa shape index (κ1) is 36.7. The van der Waals surface area contributed by atoms with Crippen LogP contribution in [0, 0.1) is 5.92 Å². The topological polar surface area (TPSA) is 78.2 Å². The molecule has 1 aliphatic carbocycles. The molecule has 0 spiro atoms. The van der Waals surface area contributed by atoms with E-state index in [1.807, 2.05) is 31.5 Å². The van der Waals surface area contributed by atoms with Crippen LogP contribution in [-0.2, 0) is 25.4 Å². The minimum Gasteiger partial charge on any atom is -0.460 e. The second-order valence-electron chi connectivity index (χ2n) is 16.2. The quantitative estimate of drug-likeness (QED) is 0.0738. The number of aryl methyl sites for hydroxylation is 1. The van der Waals surface area contributed by atoms with Crippen molar-refractivity contribution in [2.75, 3.05) is 31.6 Å². The number of hydrogen-bond donors (Lipinski definition) is 0. The van der Waals surface area contributed by atoms with Gasteiger partial charge in [-0.05, 0) is 71.4 Å². The molecule has 2 aromatic rings. The molecule has 0 aliphatic heterocycles. The molecule has 3 rings (SSSR count). The van der Waals surface area contributed by atoms with Gasteiger partial charge in [-0.25, -0.2) is 4.98 Å². The predicted octanol–water partition coefficient (Wildman–Crippen LogP) is 8.51. The average Bonchev–Trinajstić information content (AvgIpc) is 3.33. The zero-order chi connectivity index (χ0) is 32.5. The van der Waals surface area contributed by atoms with Gasteiger partial charge in [0.2, 0.25) is 0 Å². The molecule has 0 unspecified atom stereocenters. The van der Waals surface area contributed by atoms with Crippen molar-refractivity contribution in [3.8, 4) is 0 Å². The number of ether oxygens (including phenoxy) is 3. The first-order valence-corrected chi connectivity index (χ1v) is 24.5. The summed E-state index contributed by atoms with van der Waals surface area (Å²) in [6.07, 6.45) is 9.97. The summed E-state index contributed by atoms with van der Waals surface area (Å²) in [5.41, 5.74) is 2.77. The number of carbonyl (C=O) groups is 1. The van der Waals surface area contributed by atoms with Gasteiger partial charge in [0, 0.05) is 52.6 Å². The standard InChI is InChI=1S/C34H62N4O4Si2/c1-11-12-13-14-29-24-35-38-31(37(25-40-19-21-43(5,6)7)26-41-20-22-44(8,9)10)23-30(36-32(29)38)27-15-17-28(18-16-27)33(39)42-34(2,3)4/h23-24,27-28H,11-22,25-26H2,1-10H3/t27-,28-. The Balaban J connectivity index is 1.90. The van der Waals surface area contributed by atoms with Crippen molar-refractivity contribution in [2.45, 2.75) is 142 Å². The number of fused-ring (bicyclic) bond motifs is 1. The summed E-state index contributed by atoms with van der Waals surface area (Å²) in [7, 11) is -2.41. The minimum atomic E-state index is -1.21. The van der Waals surface area contributed by atoms with Crippen molar-refractivity contribution in [3.63, 3.8) is 0 Å². The van der Waals surface area contributed by atoms with E-state index in [-0.39, 0.29) is 11.9 Å². The van der Waals surface area contributed by atoms with E-state index in [1.54, 1.807) is 0 Å². The number of nitrogens with zero attached hydrogens (tertiary/aromatic N) is 4. The Morgan fingerprint density at radius 3 is 2.07 bits per heavy atom. The molecule has 2 heterocycles. The van der Waals surface area contributed by atoms with Gasteiger partial charge >= 0.3 is 5.97 Å². The molecule has 10 heteroatoms. The van der Waals surface area contributed by atoms with Crippen molar-refractivity contribution in [1.82, 2.24) is 14.6 Å². The molecular formula is C34H62N4O4Si2. The van der Waals surface area contributed by atoms with Gasteiger partial charge in [-0.1, -0.05) is 59.0 Å². The first-order chi connectivity index (χ1) is 20.6. The zero-order valence-corrected chi connectivity index (χ0v) is 31.6. The van der Waals surface area contributed by atoms with Crippen LogP contribution in [0.1, 0.15) is 89.8 Å². The molecule has 250 valence electrons. The van der Waals surface area contributed by atoms with E-state index in [4.69, 9.17) is 24.3 Å². The van der Waals surface area contributed by atoms with E-state index >= 15 is 0 Å². The Labute approximate surface area is 269 Å². The van der Waals surface area contributed by atoms with E-state index in [0.717, 1.165) is 81.0 Å². The summed E-state index contributed by atoms with van der Waals surface area (Å²) in [5.74, 6) is 1.16. The molecule has 0 amide bonds. The van der Waals surface area contributed by atoms with E-state index in [1.165, 1.54) is 18.4 Å². The molecule has 0 N–H and O–H groups in total. The Hall–Kier alpha value is -1.76. The number of carbonyl (C=O) groups excluding carboxylic acids is 1. The van der Waals surface area contributed by atoms with Crippen molar-refractivity contribution in [2.24, 2.45) is 5.92 Å². The molecule has 1 saturated carbocycles. The lowest BCUT2D eigenvalue weighted by Gasteiger charge is -2.31. The number of anilines is 1. The summed E-state index contributed by atoms with van der Waals surface area (Å²) in [6, 6.07) is 4.45. The lowest BCUT2D eigenvalue weighted by atomic mass is 9.80. The van der Waals surface area contributed by atoms with Gasteiger partial charge in [0.15, 0.2) is 5.65 Å². The second-order valence-corrected chi connectivity index (χ2v) is 27.5. The molecule has 2 aromatic heterocycles. The number of rotatable bonds is 17. The van der Waals surface area contributed by atoms with Crippen molar-refractivity contribution in [3.05, 3.63) is 23.5 Å². The van der Waals surface area contributed by atoms with E-state index in [9.17, 15) is 4.79 Å². The van der Waals surface area contributed by atoms with Crippen LogP contribution in [0.4, 0.5) is 5.82 Å². The Morgan fingerprint density at radius 2 is 1.55 bits per heavy atom. The lowest BCUT2D eigenvalue weighted by Crippen LogP contribution is -2.33. The minimum absolute atomic E-state index is 0.0377. The maximum Gasteiger partial charge on any atom is 0.309 e. The molecule has 0 aromatic carbocycles. The maximum atomic E-state index is 12.8. The number of unbranched alkanes of at least 4 members (excludes halogenated alkanes) is 2. The zero-order valence-electron chi connectivity index (χ0n) is 29.6. The largest absolute Gasteiger partial charge is 0.460 e. The van der Waals surface area contributed by atoms with Crippen LogP contribution in [0.15, 0.2) is 12.3 Å². The van der Waals surface area contributed by atoms with E-state index in [2.05, 4.69) is 57.2 Å². The third kappa shape index (κ3) is 12.2. The fourth-order valence-corrected chi connectivity index (χ4v) is 6.99. The molecule has 0 saturated heterocycles. The smallest absolute Gasteiger partial charge is 0.309 e. The highest BCUT2D eigenvalue weighted by molar-refractivity contribution is 6.76. The lowest BCUT2D eigenvalue weighted by molar-refractivity contribution is -0.161. The molecule has 0 atom stereocenters. The van der Waals surface area contributed by atoms with Gasteiger partial charge in [-0.2, -0.15) is 9.61 Å². The van der Waals surface area contributed by atoms with Crippen LogP contribution in [0.5, 0.6) is 0 Å². The molecule has 8 nitrogen and oxygen atoms in total. The second kappa shape index (κ2) is 16.2. The van der Waals surface area contributed by atoms with Gasteiger partial charge in [-0.15, -0.1) is 0 Å². The SMILES string of the molecule is CCCCCc1cnn2c(N(COCC[Si](C)(C)C)COCC[Si](C)(C)C)cc([C@H]3CC[C@H](C(=O)OC(C)(C)C)CC3)nc12. The summed E-state index contributed by atoms with van der Waals surface area (Å²) in [4.78, 5) is 20.3. The van der Waals surface area contributed by atoms with Gasteiger partial charge in [0.25, 0.3) is 0 Å². The summed E-state index contributed by atoms with van der Waals surface area (Å²) < 4.78 is 20.3. The highest BCUT2D eigenvalue weighted by atomic mass is 28.3. The monoisotopic (exact) mass is 646 g/mol. The number of esters is 1. The number of aromatic nitrogens is 3. The molecule has 44 heavy (non-hydrogen) atoms. The molecule has 0 bridgehead atoms. The maximum absolute atomic E-state index is 12.8. The van der Waals surface area contributed by atoms with Crippen molar-refractivity contribution < 1.29 is 19.0 Å². The van der Waals surface area contributed by atoms with Gasteiger partial charge in [-0.3, -0.25) is 4.79 Å². The fourth-order valence-electron chi connectivity index (χ4n) is 5.47. The first-order valence-electron chi connectivity index (χ1n) is 17.1. The molecular weight excluding hydrogens is 585 g/mol. The predicted molar refractivity (Wildman–Crippen MR) is 187 cm³/mol. The average molecular weight is 647 g/mol. The van der Waals surface area contributed by atoms with E-state index < -0.39 is 21.7 Å². The third-order valence-electron chi connectivity index (χ3n) is 8.29. The van der Waals surface area contributed by atoms with Crippen molar-refractivity contribution in [1.29, 1.82) is 0 Å². The van der Waals surface area contributed by atoms with Crippen LogP contribution in [0.3, 0.4) is 0 Å². The normalized spacial score (nSPS) is 18.1. The van der Waals surface area contributed by atoms with Gasteiger partial charge in [0.1, 0.15) is 24.9 Å².